The molecule has 0 aromatic heterocycles. The van der Waals surface area contributed by atoms with Crippen LogP contribution in [0.3, 0.4) is 0 Å². The van der Waals surface area contributed by atoms with Crippen LogP contribution in [0.2, 0.25) is 5.02 Å². The van der Waals surface area contributed by atoms with Gasteiger partial charge in [-0.1, -0.05) is 43.1 Å². The van der Waals surface area contributed by atoms with Crippen LogP contribution in [0.1, 0.15) is 37.8 Å². The summed E-state index contributed by atoms with van der Waals surface area (Å²) >= 11 is 6.17. The highest BCUT2D eigenvalue weighted by Gasteiger charge is 2.21. The van der Waals surface area contributed by atoms with Crippen molar-refractivity contribution in [2.24, 2.45) is 11.7 Å². The fraction of sp³-hybridized carbons (Fsp3) is 0.600. The van der Waals surface area contributed by atoms with Crippen LogP contribution in [-0.2, 0) is 0 Å². The van der Waals surface area contributed by atoms with Crippen LogP contribution in [0, 0.1) is 5.92 Å². The number of likely N-dealkylation sites (tertiary alicyclic amines) is 1. The Bertz CT molecular complexity index is 381. The van der Waals surface area contributed by atoms with Gasteiger partial charge in [0.25, 0.3) is 0 Å². The zero-order valence-corrected chi connectivity index (χ0v) is 11.9. The second-order valence-electron chi connectivity index (χ2n) is 5.28. The molecule has 1 fully saturated rings. The van der Waals surface area contributed by atoms with Crippen LogP contribution in [-0.4, -0.2) is 24.5 Å². The van der Waals surface area contributed by atoms with Crippen LogP contribution in [0.15, 0.2) is 24.3 Å². The minimum Gasteiger partial charge on any atom is -0.324 e. The molecular formula is C15H23ClN2. The van der Waals surface area contributed by atoms with Crippen LogP contribution in [0.25, 0.3) is 0 Å². The first-order chi connectivity index (χ1) is 8.70. The molecule has 2 rings (SSSR count). The molecule has 1 aliphatic heterocycles. The molecule has 0 amide bonds. The normalized spacial score (nSPS) is 22.3. The smallest absolute Gasteiger partial charge is 0.0453 e. The summed E-state index contributed by atoms with van der Waals surface area (Å²) in [4.78, 5) is 2.53. The second-order valence-corrected chi connectivity index (χ2v) is 5.69. The molecule has 2 atom stereocenters. The third-order valence-electron chi connectivity index (χ3n) is 4.01. The van der Waals surface area contributed by atoms with Gasteiger partial charge in [-0.15, -0.1) is 0 Å². The summed E-state index contributed by atoms with van der Waals surface area (Å²) < 4.78 is 0. The Morgan fingerprint density at radius 1 is 1.44 bits per heavy atom. The average Bonchev–Trinajstić information content (AvgIpc) is 2.84. The van der Waals surface area contributed by atoms with E-state index in [9.17, 15) is 0 Å². The summed E-state index contributed by atoms with van der Waals surface area (Å²) in [6, 6.07) is 7.96. The Kier molecular flexibility index (Phi) is 5.04. The van der Waals surface area contributed by atoms with Gasteiger partial charge in [0, 0.05) is 17.6 Å². The van der Waals surface area contributed by atoms with E-state index in [1.165, 1.54) is 25.9 Å². The fourth-order valence-corrected chi connectivity index (χ4v) is 2.98. The van der Waals surface area contributed by atoms with Crippen molar-refractivity contribution in [2.75, 3.05) is 19.6 Å². The molecule has 2 N–H and O–H groups in total. The van der Waals surface area contributed by atoms with E-state index in [0.717, 1.165) is 29.5 Å². The van der Waals surface area contributed by atoms with Crippen molar-refractivity contribution >= 4 is 11.6 Å². The van der Waals surface area contributed by atoms with Gasteiger partial charge in [-0.05, 0) is 43.5 Å². The topological polar surface area (TPSA) is 29.3 Å². The van der Waals surface area contributed by atoms with E-state index in [4.69, 9.17) is 17.3 Å². The molecule has 100 valence electrons. The van der Waals surface area contributed by atoms with E-state index >= 15 is 0 Å². The molecule has 1 aromatic carbocycles. The quantitative estimate of drug-likeness (QED) is 0.884. The van der Waals surface area contributed by atoms with Gasteiger partial charge in [0.05, 0.1) is 0 Å². The maximum Gasteiger partial charge on any atom is 0.0453 e. The highest BCUT2D eigenvalue weighted by Crippen LogP contribution is 2.25. The molecule has 3 heteroatoms. The first-order valence-corrected chi connectivity index (χ1v) is 7.31. The van der Waals surface area contributed by atoms with E-state index < -0.39 is 0 Å². The first-order valence-electron chi connectivity index (χ1n) is 6.93. The van der Waals surface area contributed by atoms with Gasteiger partial charge in [0.2, 0.25) is 0 Å². The van der Waals surface area contributed by atoms with E-state index in [1.54, 1.807) is 0 Å². The van der Waals surface area contributed by atoms with Gasteiger partial charge in [0.1, 0.15) is 0 Å². The third-order valence-corrected chi connectivity index (χ3v) is 4.35. The molecule has 18 heavy (non-hydrogen) atoms. The predicted molar refractivity (Wildman–Crippen MR) is 77.8 cm³/mol. The lowest BCUT2D eigenvalue weighted by molar-refractivity contribution is 0.308. The van der Waals surface area contributed by atoms with Gasteiger partial charge in [-0.3, -0.25) is 0 Å². The Hall–Kier alpha value is -0.570. The second kappa shape index (κ2) is 6.55. The van der Waals surface area contributed by atoms with Crippen molar-refractivity contribution in [2.45, 2.75) is 32.2 Å². The zero-order chi connectivity index (χ0) is 13.0. The SMILES string of the molecule is CCC1CCN(CCC(N)c2ccccc2Cl)C1. The van der Waals surface area contributed by atoms with Crippen LogP contribution in [0.5, 0.6) is 0 Å². The Balaban J connectivity index is 1.82. The van der Waals surface area contributed by atoms with E-state index in [0.29, 0.717) is 0 Å². The molecule has 0 spiro atoms. The number of hydrogen-bond donors (Lipinski definition) is 1. The Labute approximate surface area is 115 Å². The minimum absolute atomic E-state index is 0.0550. The fourth-order valence-electron chi connectivity index (χ4n) is 2.70. The summed E-state index contributed by atoms with van der Waals surface area (Å²) in [5.41, 5.74) is 7.30. The summed E-state index contributed by atoms with van der Waals surface area (Å²) in [6.07, 6.45) is 3.63. The van der Waals surface area contributed by atoms with E-state index in [-0.39, 0.29) is 6.04 Å². The lowest BCUT2D eigenvalue weighted by atomic mass is 10.0. The van der Waals surface area contributed by atoms with Gasteiger partial charge >= 0.3 is 0 Å². The van der Waals surface area contributed by atoms with Crippen molar-refractivity contribution in [1.29, 1.82) is 0 Å². The predicted octanol–water partition coefficient (Wildman–Crippen LogP) is 3.46. The van der Waals surface area contributed by atoms with Gasteiger partial charge in [0.15, 0.2) is 0 Å². The molecule has 0 radical (unpaired) electrons. The first kappa shape index (κ1) is 13.9. The molecule has 2 unspecified atom stereocenters. The van der Waals surface area contributed by atoms with Crippen molar-refractivity contribution < 1.29 is 0 Å². The molecule has 0 aliphatic carbocycles. The number of hydrogen-bond acceptors (Lipinski definition) is 2. The average molecular weight is 267 g/mol. The number of rotatable bonds is 5. The standard InChI is InChI=1S/C15H23ClN2/c1-2-12-7-9-18(11-12)10-8-15(17)13-5-3-4-6-14(13)16/h3-6,12,15H,2,7-11,17H2,1H3. The maximum absolute atomic E-state index is 6.23. The van der Waals surface area contributed by atoms with Crippen molar-refractivity contribution in [3.63, 3.8) is 0 Å². The molecule has 1 saturated heterocycles. The molecule has 0 saturated carbocycles. The summed E-state index contributed by atoms with van der Waals surface area (Å²) in [6.45, 7) is 5.84. The van der Waals surface area contributed by atoms with Crippen molar-refractivity contribution in [3.8, 4) is 0 Å². The Morgan fingerprint density at radius 3 is 2.89 bits per heavy atom. The molecule has 1 aliphatic rings. The molecular weight excluding hydrogens is 244 g/mol. The van der Waals surface area contributed by atoms with Gasteiger partial charge in [-0.2, -0.15) is 0 Å². The molecule has 2 nitrogen and oxygen atoms in total. The summed E-state index contributed by atoms with van der Waals surface area (Å²) in [5.74, 6) is 0.890. The summed E-state index contributed by atoms with van der Waals surface area (Å²) in [7, 11) is 0. The molecule has 0 bridgehead atoms. The van der Waals surface area contributed by atoms with Gasteiger partial charge < -0.3 is 10.6 Å². The van der Waals surface area contributed by atoms with Crippen LogP contribution >= 0.6 is 11.6 Å². The highest BCUT2D eigenvalue weighted by molar-refractivity contribution is 6.31. The van der Waals surface area contributed by atoms with Crippen molar-refractivity contribution in [1.82, 2.24) is 4.90 Å². The van der Waals surface area contributed by atoms with Crippen LogP contribution < -0.4 is 5.73 Å². The lowest BCUT2D eigenvalue weighted by Crippen LogP contribution is -2.25. The van der Waals surface area contributed by atoms with Crippen molar-refractivity contribution in [3.05, 3.63) is 34.9 Å². The number of halogens is 1. The monoisotopic (exact) mass is 266 g/mol. The maximum atomic E-state index is 6.23. The largest absolute Gasteiger partial charge is 0.324 e. The summed E-state index contributed by atoms with van der Waals surface area (Å²) in [5, 5.41) is 0.790. The lowest BCUT2D eigenvalue weighted by Gasteiger charge is -2.19. The molecule has 1 heterocycles. The zero-order valence-electron chi connectivity index (χ0n) is 11.1. The van der Waals surface area contributed by atoms with E-state index in [1.807, 2.05) is 24.3 Å². The number of nitrogens with zero attached hydrogens (tertiary/aromatic N) is 1. The van der Waals surface area contributed by atoms with Crippen LogP contribution in [0.4, 0.5) is 0 Å². The number of benzene rings is 1. The third kappa shape index (κ3) is 3.47. The Morgan fingerprint density at radius 2 is 2.22 bits per heavy atom. The molecule has 1 aromatic rings. The van der Waals surface area contributed by atoms with E-state index in [2.05, 4.69) is 11.8 Å². The highest BCUT2D eigenvalue weighted by atomic mass is 35.5. The number of nitrogens with two attached hydrogens (primary N) is 1. The minimum atomic E-state index is 0.0550. The van der Waals surface area contributed by atoms with Gasteiger partial charge in [-0.25, -0.2) is 0 Å².